The summed E-state index contributed by atoms with van der Waals surface area (Å²) in [6.45, 7) is 3.26. The van der Waals surface area contributed by atoms with Crippen molar-refractivity contribution in [3.63, 3.8) is 0 Å². The number of hydrogen-bond acceptors (Lipinski definition) is 4. The Bertz CT molecular complexity index is 719. The number of nitrogens with zero attached hydrogens (tertiary/aromatic N) is 1. The van der Waals surface area contributed by atoms with Crippen LogP contribution in [0.1, 0.15) is 26.2 Å². The second-order valence-electron chi connectivity index (χ2n) is 6.92. The number of halogens is 1. The third kappa shape index (κ3) is 5.13. The minimum atomic E-state index is -0.304. The van der Waals surface area contributed by atoms with E-state index in [-0.39, 0.29) is 35.8 Å². The number of piperidine rings is 1. The summed E-state index contributed by atoms with van der Waals surface area (Å²) < 4.78 is 4.99. The van der Waals surface area contributed by atoms with Crippen LogP contribution in [0.4, 0.5) is 10.5 Å². The molecule has 1 saturated carbocycles. The van der Waals surface area contributed by atoms with E-state index in [1.165, 1.54) is 0 Å². The highest BCUT2D eigenvalue weighted by Gasteiger charge is 2.48. The van der Waals surface area contributed by atoms with Crippen LogP contribution < -0.4 is 10.6 Å². The van der Waals surface area contributed by atoms with Crippen molar-refractivity contribution in [1.82, 2.24) is 10.2 Å². The molecule has 1 aromatic rings. The van der Waals surface area contributed by atoms with E-state index in [2.05, 4.69) is 10.6 Å². The number of amides is 3. The third-order valence-electron chi connectivity index (χ3n) is 4.92. The van der Waals surface area contributed by atoms with Gasteiger partial charge < -0.3 is 20.3 Å². The number of carbonyl (C=O) groups excluding carboxylic acids is 3. The van der Waals surface area contributed by atoms with Crippen molar-refractivity contribution in [3.05, 3.63) is 29.3 Å². The Kier molecular flexibility index (Phi) is 6.21. The van der Waals surface area contributed by atoms with E-state index in [0.717, 1.165) is 0 Å². The van der Waals surface area contributed by atoms with E-state index in [4.69, 9.17) is 16.3 Å². The normalized spacial score (nSPS) is 22.1. The molecule has 7 nitrogen and oxygen atoms in total. The monoisotopic (exact) mass is 393 g/mol. The largest absolute Gasteiger partial charge is 0.450 e. The van der Waals surface area contributed by atoms with Gasteiger partial charge in [-0.05, 0) is 44.4 Å². The molecule has 2 atom stereocenters. The third-order valence-corrected chi connectivity index (χ3v) is 5.16. The van der Waals surface area contributed by atoms with Gasteiger partial charge in [0.05, 0.1) is 18.4 Å². The van der Waals surface area contributed by atoms with Gasteiger partial charge in [0, 0.05) is 29.8 Å². The minimum Gasteiger partial charge on any atom is -0.450 e. The van der Waals surface area contributed by atoms with Gasteiger partial charge in [0.2, 0.25) is 11.8 Å². The molecule has 1 heterocycles. The Morgan fingerprint density at radius 1 is 1.19 bits per heavy atom. The van der Waals surface area contributed by atoms with E-state index in [1.807, 2.05) is 0 Å². The second-order valence-corrected chi connectivity index (χ2v) is 7.35. The molecule has 27 heavy (non-hydrogen) atoms. The molecule has 0 radical (unpaired) electrons. The van der Waals surface area contributed by atoms with Crippen LogP contribution in [0, 0.1) is 11.8 Å². The van der Waals surface area contributed by atoms with Crippen LogP contribution in [-0.4, -0.2) is 48.5 Å². The van der Waals surface area contributed by atoms with Crippen LogP contribution in [0.15, 0.2) is 24.3 Å². The first-order chi connectivity index (χ1) is 13.0. The van der Waals surface area contributed by atoms with E-state index in [1.54, 1.807) is 36.1 Å². The zero-order valence-corrected chi connectivity index (χ0v) is 16.0. The Labute approximate surface area is 163 Å². The minimum absolute atomic E-state index is 0.0282. The number of ether oxygens (including phenoxy) is 1. The molecule has 2 aliphatic rings. The topological polar surface area (TPSA) is 87.7 Å². The van der Waals surface area contributed by atoms with Gasteiger partial charge in [0.25, 0.3) is 0 Å². The van der Waals surface area contributed by atoms with Crippen LogP contribution in [0.5, 0.6) is 0 Å². The van der Waals surface area contributed by atoms with Crippen molar-refractivity contribution >= 4 is 35.2 Å². The van der Waals surface area contributed by atoms with Gasteiger partial charge in [-0.25, -0.2) is 4.79 Å². The fourth-order valence-corrected chi connectivity index (χ4v) is 3.50. The first kappa shape index (κ1) is 19.5. The lowest BCUT2D eigenvalue weighted by atomic mass is 10.1. The highest BCUT2D eigenvalue weighted by atomic mass is 35.5. The molecule has 1 aliphatic heterocycles. The standard InChI is InChI=1S/C19H24ClN3O4/c1-2-27-19(26)23-8-6-13(7-9-23)21-17(24)15-11-16(15)18(25)22-14-5-3-4-12(20)10-14/h3-5,10,13,15-16H,2,6-9,11H2,1H3,(H,21,24)(H,22,25). The van der Waals surface area contributed by atoms with Gasteiger partial charge >= 0.3 is 6.09 Å². The smallest absolute Gasteiger partial charge is 0.409 e. The van der Waals surface area contributed by atoms with Gasteiger partial charge in [0.1, 0.15) is 0 Å². The maximum atomic E-state index is 12.4. The summed E-state index contributed by atoms with van der Waals surface area (Å²) in [6.07, 6.45) is 1.63. The number of rotatable bonds is 5. The second kappa shape index (κ2) is 8.61. The number of nitrogens with one attached hydrogen (secondary N) is 2. The van der Waals surface area contributed by atoms with Gasteiger partial charge in [-0.2, -0.15) is 0 Å². The summed E-state index contributed by atoms with van der Waals surface area (Å²) in [5.74, 6) is -0.832. The van der Waals surface area contributed by atoms with Crippen LogP contribution in [-0.2, 0) is 14.3 Å². The van der Waals surface area contributed by atoms with Crippen LogP contribution in [0.2, 0.25) is 5.02 Å². The Balaban J connectivity index is 1.41. The average Bonchev–Trinajstić information content (AvgIpc) is 3.43. The zero-order valence-electron chi connectivity index (χ0n) is 15.2. The lowest BCUT2D eigenvalue weighted by Crippen LogP contribution is -2.47. The number of anilines is 1. The maximum Gasteiger partial charge on any atom is 0.409 e. The fraction of sp³-hybridized carbons (Fsp3) is 0.526. The number of hydrogen-bond donors (Lipinski definition) is 2. The summed E-state index contributed by atoms with van der Waals surface area (Å²) in [5.41, 5.74) is 0.630. The summed E-state index contributed by atoms with van der Waals surface area (Å²) in [4.78, 5) is 38.0. The van der Waals surface area contributed by atoms with Crippen molar-refractivity contribution in [2.75, 3.05) is 25.0 Å². The highest BCUT2D eigenvalue weighted by molar-refractivity contribution is 6.30. The number of benzene rings is 1. The molecule has 1 aromatic carbocycles. The molecule has 3 amide bonds. The Morgan fingerprint density at radius 2 is 1.89 bits per heavy atom. The average molecular weight is 394 g/mol. The van der Waals surface area contributed by atoms with Gasteiger partial charge in [-0.3, -0.25) is 9.59 Å². The summed E-state index contributed by atoms with van der Waals surface area (Å²) >= 11 is 5.91. The quantitative estimate of drug-likeness (QED) is 0.805. The molecule has 2 N–H and O–H groups in total. The first-order valence-electron chi connectivity index (χ1n) is 9.26. The fourth-order valence-electron chi connectivity index (χ4n) is 3.31. The molecular weight excluding hydrogens is 370 g/mol. The van der Waals surface area contributed by atoms with Crippen LogP contribution >= 0.6 is 11.6 Å². The molecule has 146 valence electrons. The van der Waals surface area contributed by atoms with Crippen molar-refractivity contribution in [2.24, 2.45) is 11.8 Å². The number of likely N-dealkylation sites (tertiary alicyclic amines) is 1. The molecule has 0 spiro atoms. The van der Waals surface area contributed by atoms with Crippen LogP contribution in [0.3, 0.4) is 0 Å². The van der Waals surface area contributed by atoms with E-state index < -0.39 is 0 Å². The molecule has 1 saturated heterocycles. The predicted octanol–water partition coefficient (Wildman–Crippen LogP) is 2.65. The molecule has 2 unspecified atom stereocenters. The van der Waals surface area contributed by atoms with Crippen molar-refractivity contribution in [3.8, 4) is 0 Å². The van der Waals surface area contributed by atoms with E-state index in [9.17, 15) is 14.4 Å². The summed E-state index contributed by atoms with van der Waals surface area (Å²) in [7, 11) is 0. The molecule has 3 rings (SSSR count). The molecule has 1 aliphatic carbocycles. The Morgan fingerprint density at radius 3 is 2.56 bits per heavy atom. The summed E-state index contributed by atoms with van der Waals surface area (Å²) in [5, 5.41) is 6.36. The molecule has 2 fully saturated rings. The lowest BCUT2D eigenvalue weighted by Gasteiger charge is -2.31. The summed E-state index contributed by atoms with van der Waals surface area (Å²) in [6, 6.07) is 6.96. The molecule has 0 aromatic heterocycles. The van der Waals surface area contributed by atoms with Crippen molar-refractivity contribution in [2.45, 2.75) is 32.2 Å². The van der Waals surface area contributed by atoms with Crippen LogP contribution in [0.25, 0.3) is 0 Å². The van der Waals surface area contributed by atoms with Gasteiger partial charge in [-0.15, -0.1) is 0 Å². The molecular formula is C19H24ClN3O4. The Hall–Kier alpha value is -2.28. The van der Waals surface area contributed by atoms with Gasteiger partial charge in [-0.1, -0.05) is 17.7 Å². The number of carbonyl (C=O) groups is 3. The highest BCUT2D eigenvalue weighted by Crippen LogP contribution is 2.39. The lowest BCUT2D eigenvalue weighted by molar-refractivity contribution is -0.126. The van der Waals surface area contributed by atoms with E-state index >= 15 is 0 Å². The van der Waals surface area contributed by atoms with Crippen molar-refractivity contribution in [1.29, 1.82) is 0 Å². The SMILES string of the molecule is CCOC(=O)N1CCC(NC(=O)C2CC2C(=O)Nc2cccc(Cl)c2)CC1. The van der Waals surface area contributed by atoms with Crippen molar-refractivity contribution < 1.29 is 19.1 Å². The molecule has 0 bridgehead atoms. The molecule has 8 heteroatoms. The predicted molar refractivity (Wildman–Crippen MR) is 101 cm³/mol. The maximum absolute atomic E-state index is 12.4. The van der Waals surface area contributed by atoms with Gasteiger partial charge in [0.15, 0.2) is 0 Å². The van der Waals surface area contributed by atoms with E-state index in [0.29, 0.717) is 49.7 Å². The first-order valence-corrected chi connectivity index (χ1v) is 9.64. The zero-order chi connectivity index (χ0) is 19.4.